The van der Waals surface area contributed by atoms with E-state index < -0.39 is 0 Å². The van der Waals surface area contributed by atoms with Gasteiger partial charge in [0.2, 0.25) is 0 Å². The van der Waals surface area contributed by atoms with Crippen molar-refractivity contribution < 1.29 is 13.9 Å². The molecule has 1 aliphatic heterocycles. The van der Waals surface area contributed by atoms with E-state index in [9.17, 15) is 9.18 Å². The Labute approximate surface area is 131 Å². The molecule has 0 bridgehead atoms. The lowest BCUT2D eigenvalue weighted by molar-refractivity contribution is -0.147. The SMILES string of the molecule is COC(=O)[C@H](Cc1c(C)cc(F)cc1C)N1CCN[C@@H](C)C1. The van der Waals surface area contributed by atoms with E-state index in [1.807, 2.05) is 13.8 Å². The van der Waals surface area contributed by atoms with E-state index in [0.29, 0.717) is 12.5 Å². The van der Waals surface area contributed by atoms with Crippen molar-refractivity contribution in [2.45, 2.75) is 39.3 Å². The third-order valence-electron chi connectivity index (χ3n) is 4.37. The van der Waals surface area contributed by atoms with Crippen molar-refractivity contribution in [3.8, 4) is 0 Å². The normalized spacial score (nSPS) is 20.7. The fourth-order valence-corrected chi connectivity index (χ4v) is 3.20. The van der Waals surface area contributed by atoms with Crippen molar-refractivity contribution in [2.75, 3.05) is 26.7 Å². The predicted molar refractivity (Wildman–Crippen MR) is 84.4 cm³/mol. The van der Waals surface area contributed by atoms with Gasteiger partial charge in [0.15, 0.2) is 0 Å². The summed E-state index contributed by atoms with van der Waals surface area (Å²) in [5.74, 6) is -0.457. The number of carbonyl (C=O) groups excluding carboxylic acids is 1. The number of nitrogens with zero attached hydrogens (tertiary/aromatic N) is 1. The Bertz CT molecular complexity index is 524. The molecule has 1 aromatic carbocycles. The maximum Gasteiger partial charge on any atom is 0.323 e. The number of esters is 1. The maximum absolute atomic E-state index is 13.5. The fraction of sp³-hybridized carbons (Fsp3) is 0.588. The average molecular weight is 308 g/mol. The number of piperazine rings is 1. The van der Waals surface area contributed by atoms with Gasteiger partial charge in [0.25, 0.3) is 0 Å². The minimum Gasteiger partial charge on any atom is -0.468 e. The van der Waals surface area contributed by atoms with Gasteiger partial charge in [0, 0.05) is 25.7 Å². The quantitative estimate of drug-likeness (QED) is 0.862. The molecule has 22 heavy (non-hydrogen) atoms. The molecule has 122 valence electrons. The molecule has 0 radical (unpaired) electrons. The molecule has 2 atom stereocenters. The highest BCUT2D eigenvalue weighted by molar-refractivity contribution is 5.76. The molecule has 5 heteroatoms. The summed E-state index contributed by atoms with van der Waals surface area (Å²) in [5.41, 5.74) is 2.80. The van der Waals surface area contributed by atoms with Gasteiger partial charge in [-0.05, 0) is 56.0 Å². The molecule has 0 saturated carbocycles. The fourth-order valence-electron chi connectivity index (χ4n) is 3.20. The number of carbonyl (C=O) groups is 1. The standard InChI is InChI=1S/C17H25FN2O2/c1-11-7-14(18)8-12(2)15(11)9-16(17(21)22-4)20-6-5-19-13(3)10-20/h7-8,13,16,19H,5-6,9-10H2,1-4H3/t13-,16-/m0/s1. The van der Waals surface area contributed by atoms with Crippen LogP contribution in [0, 0.1) is 19.7 Å². The summed E-state index contributed by atoms with van der Waals surface area (Å²) in [7, 11) is 1.42. The van der Waals surface area contributed by atoms with Crippen LogP contribution in [0.5, 0.6) is 0 Å². The van der Waals surface area contributed by atoms with Gasteiger partial charge in [-0.15, -0.1) is 0 Å². The van der Waals surface area contributed by atoms with E-state index in [2.05, 4.69) is 17.1 Å². The molecule has 2 rings (SSSR count). The smallest absolute Gasteiger partial charge is 0.323 e. The molecule has 0 aliphatic carbocycles. The zero-order valence-corrected chi connectivity index (χ0v) is 13.8. The lowest BCUT2D eigenvalue weighted by atomic mass is 9.95. The highest BCUT2D eigenvalue weighted by Gasteiger charge is 2.30. The molecule has 1 saturated heterocycles. The van der Waals surface area contributed by atoms with Gasteiger partial charge >= 0.3 is 5.97 Å². The molecule has 0 spiro atoms. The second kappa shape index (κ2) is 7.20. The second-order valence-electron chi connectivity index (χ2n) is 6.11. The number of rotatable bonds is 4. The zero-order valence-electron chi connectivity index (χ0n) is 13.8. The molecule has 4 nitrogen and oxygen atoms in total. The van der Waals surface area contributed by atoms with Gasteiger partial charge in [-0.1, -0.05) is 0 Å². The summed E-state index contributed by atoms with van der Waals surface area (Å²) in [6, 6.07) is 3.07. The largest absolute Gasteiger partial charge is 0.468 e. The van der Waals surface area contributed by atoms with Crippen LogP contribution in [-0.4, -0.2) is 49.7 Å². The first-order valence-electron chi connectivity index (χ1n) is 7.73. The van der Waals surface area contributed by atoms with Crippen LogP contribution in [0.1, 0.15) is 23.6 Å². The second-order valence-corrected chi connectivity index (χ2v) is 6.11. The van der Waals surface area contributed by atoms with Gasteiger partial charge in [0.1, 0.15) is 11.9 Å². The summed E-state index contributed by atoms with van der Waals surface area (Å²) in [6.07, 6.45) is 0.553. The van der Waals surface area contributed by atoms with Crippen LogP contribution in [0.4, 0.5) is 4.39 Å². The van der Waals surface area contributed by atoms with Crippen LogP contribution in [0.15, 0.2) is 12.1 Å². The molecular formula is C17H25FN2O2. The molecule has 1 N–H and O–H groups in total. The summed E-state index contributed by atoms with van der Waals surface area (Å²) >= 11 is 0. The van der Waals surface area contributed by atoms with Crippen LogP contribution < -0.4 is 5.32 Å². The van der Waals surface area contributed by atoms with Crippen molar-refractivity contribution in [1.29, 1.82) is 0 Å². The number of nitrogens with one attached hydrogen (secondary N) is 1. The molecule has 1 aromatic rings. The Kier molecular flexibility index (Phi) is 5.53. The topological polar surface area (TPSA) is 41.6 Å². The van der Waals surface area contributed by atoms with Crippen LogP contribution in [-0.2, 0) is 16.0 Å². The molecule has 0 unspecified atom stereocenters. The van der Waals surface area contributed by atoms with Crippen molar-refractivity contribution >= 4 is 5.97 Å². The van der Waals surface area contributed by atoms with Crippen molar-refractivity contribution in [3.05, 3.63) is 34.6 Å². The van der Waals surface area contributed by atoms with Crippen molar-refractivity contribution in [2.24, 2.45) is 0 Å². The number of hydrogen-bond acceptors (Lipinski definition) is 4. The van der Waals surface area contributed by atoms with Crippen LogP contribution in [0.2, 0.25) is 0 Å². The van der Waals surface area contributed by atoms with Gasteiger partial charge in [0.05, 0.1) is 7.11 Å². The molecule has 1 fully saturated rings. The summed E-state index contributed by atoms with van der Waals surface area (Å²) in [4.78, 5) is 14.4. The Balaban J connectivity index is 2.25. The average Bonchev–Trinajstić information content (AvgIpc) is 2.45. The lowest BCUT2D eigenvalue weighted by Crippen LogP contribution is -2.55. The predicted octanol–water partition coefficient (Wildman–Crippen LogP) is 1.82. The third-order valence-corrected chi connectivity index (χ3v) is 4.37. The minimum atomic E-state index is -0.322. The van der Waals surface area contributed by atoms with Gasteiger partial charge < -0.3 is 10.1 Å². The summed E-state index contributed by atoms with van der Waals surface area (Å²) in [5, 5.41) is 3.37. The highest BCUT2D eigenvalue weighted by atomic mass is 19.1. The maximum atomic E-state index is 13.5. The molecule has 1 heterocycles. The van der Waals surface area contributed by atoms with Gasteiger partial charge in [-0.2, -0.15) is 0 Å². The minimum absolute atomic E-state index is 0.225. The van der Waals surface area contributed by atoms with E-state index in [-0.39, 0.29) is 17.8 Å². The van der Waals surface area contributed by atoms with Gasteiger partial charge in [-0.3, -0.25) is 9.69 Å². The molecular weight excluding hydrogens is 283 g/mol. The Morgan fingerprint density at radius 3 is 2.64 bits per heavy atom. The molecule has 0 aromatic heterocycles. The van der Waals surface area contributed by atoms with Crippen LogP contribution >= 0.6 is 0 Å². The van der Waals surface area contributed by atoms with Crippen molar-refractivity contribution in [1.82, 2.24) is 10.2 Å². The molecule has 0 amide bonds. The van der Waals surface area contributed by atoms with E-state index in [0.717, 1.165) is 36.3 Å². The van der Waals surface area contributed by atoms with Gasteiger partial charge in [-0.25, -0.2) is 4.39 Å². The van der Waals surface area contributed by atoms with E-state index in [1.54, 1.807) is 0 Å². The summed E-state index contributed by atoms with van der Waals surface area (Å²) < 4.78 is 18.5. The zero-order chi connectivity index (χ0) is 16.3. The van der Waals surface area contributed by atoms with E-state index >= 15 is 0 Å². The number of methoxy groups -OCH3 is 1. The lowest BCUT2D eigenvalue weighted by Gasteiger charge is -2.36. The Hall–Kier alpha value is -1.46. The third kappa shape index (κ3) is 3.84. The van der Waals surface area contributed by atoms with E-state index in [4.69, 9.17) is 4.74 Å². The van der Waals surface area contributed by atoms with E-state index in [1.165, 1.54) is 19.2 Å². The number of aryl methyl sites for hydroxylation is 2. The van der Waals surface area contributed by atoms with Crippen molar-refractivity contribution in [3.63, 3.8) is 0 Å². The molecule has 1 aliphatic rings. The number of ether oxygens (including phenoxy) is 1. The first-order chi connectivity index (χ1) is 10.4. The monoisotopic (exact) mass is 308 g/mol. The summed E-state index contributed by atoms with van der Waals surface area (Å²) in [6.45, 7) is 8.35. The first kappa shape index (κ1) is 16.9. The van der Waals surface area contributed by atoms with Crippen LogP contribution in [0.25, 0.3) is 0 Å². The number of halogens is 1. The first-order valence-corrected chi connectivity index (χ1v) is 7.73. The number of benzene rings is 1. The van der Waals surface area contributed by atoms with Crippen LogP contribution in [0.3, 0.4) is 0 Å². The Morgan fingerprint density at radius 2 is 2.09 bits per heavy atom. The number of hydrogen-bond donors (Lipinski definition) is 1. The highest BCUT2D eigenvalue weighted by Crippen LogP contribution is 2.21. The Morgan fingerprint density at radius 1 is 1.45 bits per heavy atom.